The predicted molar refractivity (Wildman–Crippen MR) is 109 cm³/mol. The van der Waals surface area contributed by atoms with Gasteiger partial charge < -0.3 is 9.64 Å². The van der Waals surface area contributed by atoms with E-state index in [-0.39, 0.29) is 30.8 Å². The molecule has 1 aliphatic rings. The van der Waals surface area contributed by atoms with Gasteiger partial charge in [0.15, 0.2) is 0 Å². The number of allylic oxidation sites excluding steroid dienone is 1. The maximum Gasteiger partial charge on any atom is 0.336 e. The molecule has 0 aromatic heterocycles. The normalized spacial score (nSPS) is 16.6. The molecule has 1 unspecified atom stereocenters. The van der Waals surface area contributed by atoms with Crippen LogP contribution in [0.25, 0.3) is 0 Å². The Morgan fingerprint density at radius 2 is 1.90 bits per heavy atom. The number of amides is 1. The molecule has 1 amide bonds. The van der Waals surface area contributed by atoms with Crippen molar-refractivity contribution in [1.29, 1.82) is 5.26 Å². The van der Waals surface area contributed by atoms with Crippen molar-refractivity contribution >= 4 is 11.9 Å². The number of nitrogens with zero attached hydrogens (tertiary/aromatic N) is 2. The second kappa shape index (κ2) is 8.91. The van der Waals surface area contributed by atoms with Gasteiger partial charge in [-0.2, -0.15) is 5.26 Å². The standard InChI is InChI=1S/C24H23FN2O3/c1-15(2)30-24(29)23-16(3)27(14-19-7-5-4-6-18(19)13-26)22(28)12-21(23)17-8-10-20(25)11-9-17/h4-11,15,21H,12,14H2,1-3H3. The SMILES string of the molecule is CC1=C(C(=O)OC(C)C)C(c2ccc(F)cc2)CC(=O)N1Cc1ccccc1C#N. The summed E-state index contributed by atoms with van der Waals surface area (Å²) in [5.41, 5.74) is 2.72. The van der Waals surface area contributed by atoms with E-state index in [1.165, 1.54) is 17.0 Å². The molecule has 30 heavy (non-hydrogen) atoms. The number of carbonyl (C=O) groups is 2. The molecule has 0 aliphatic carbocycles. The third-order valence-electron chi connectivity index (χ3n) is 5.12. The molecular formula is C24H23FN2O3. The lowest BCUT2D eigenvalue weighted by Gasteiger charge is -2.35. The van der Waals surface area contributed by atoms with Gasteiger partial charge in [-0.05, 0) is 50.1 Å². The smallest absolute Gasteiger partial charge is 0.336 e. The Hall–Kier alpha value is -3.46. The highest BCUT2D eigenvalue weighted by atomic mass is 19.1. The van der Waals surface area contributed by atoms with E-state index in [9.17, 15) is 19.2 Å². The number of rotatable bonds is 5. The molecule has 5 nitrogen and oxygen atoms in total. The first-order valence-corrected chi connectivity index (χ1v) is 9.77. The fourth-order valence-corrected chi connectivity index (χ4v) is 3.66. The number of halogens is 1. The highest BCUT2D eigenvalue weighted by Crippen LogP contribution is 2.38. The Morgan fingerprint density at radius 3 is 2.53 bits per heavy atom. The topological polar surface area (TPSA) is 70.4 Å². The van der Waals surface area contributed by atoms with Crippen LogP contribution in [0.4, 0.5) is 4.39 Å². The maximum absolute atomic E-state index is 13.4. The molecule has 1 atom stereocenters. The van der Waals surface area contributed by atoms with Gasteiger partial charge >= 0.3 is 5.97 Å². The number of carbonyl (C=O) groups excluding carboxylic acids is 2. The third-order valence-corrected chi connectivity index (χ3v) is 5.12. The maximum atomic E-state index is 13.4. The summed E-state index contributed by atoms with van der Waals surface area (Å²) >= 11 is 0. The van der Waals surface area contributed by atoms with Crippen LogP contribution in [0.3, 0.4) is 0 Å². The van der Waals surface area contributed by atoms with E-state index in [1.54, 1.807) is 57.2 Å². The highest BCUT2D eigenvalue weighted by Gasteiger charge is 2.37. The second-order valence-electron chi connectivity index (χ2n) is 7.51. The molecule has 154 valence electrons. The van der Waals surface area contributed by atoms with Crippen LogP contribution < -0.4 is 0 Å². The second-order valence-corrected chi connectivity index (χ2v) is 7.51. The number of benzene rings is 2. The first-order valence-electron chi connectivity index (χ1n) is 9.77. The largest absolute Gasteiger partial charge is 0.460 e. The first-order chi connectivity index (χ1) is 14.3. The van der Waals surface area contributed by atoms with Crippen LogP contribution in [0.2, 0.25) is 0 Å². The minimum atomic E-state index is -0.521. The van der Waals surface area contributed by atoms with Crippen LogP contribution in [0.15, 0.2) is 59.8 Å². The molecule has 0 N–H and O–H groups in total. The van der Waals surface area contributed by atoms with Crippen LogP contribution in [-0.2, 0) is 20.9 Å². The molecule has 0 fully saturated rings. The lowest BCUT2D eigenvalue weighted by Crippen LogP contribution is -2.38. The van der Waals surface area contributed by atoms with E-state index in [0.29, 0.717) is 28.0 Å². The van der Waals surface area contributed by atoms with Crippen LogP contribution in [0.5, 0.6) is 0 Å². The van der Waals surface area contributed by atoms with Crippen molar-refractivity contribution in [2.45, 2.75) is 45.8 Å². The van der Waals surface area contributed by atoms with E-state index in [2.05, 4.69) is 6.07 Å². The van der Waals surface area contributed by atoms with Gasteiger partial charge in [-0.3, -0.25) is 4.79 Å². The van der Waals surface area contributed by atoms with Gasteiger partial charge in [0.1, 0.15) is 5.82 Å². The average Bonchev–Trinajstić information content (AvgIpc) is 2.71. The van der Waals surface area contributed by atoms with Gasteiger partial charge in [0.05, 0.1) is 29.9 Å². The Kier molecular flexibility index (Phi) is 6.31. The number of hydrogen-bond donors (Lipinski definition) is 0. The zero-order chi connectivity index (χ0) is 21.8. The number of esters is 1. The van der Waals surface area contributed by atoms with Crippen molar-refractivity contribution in [3.63, 3.8) is 0 Å². The van der Waals surface area contributed by atoms with Crippen molar-refractivity contribution in [2.24, 2.45) is 0 Å². The summed E-state index contributed by atoms with van der Waals surface area (Å²) in [5.74, 6) is -1.58. The fourth-order valence-electron chi connectivity index (χ4n) is 3.66. The third kappa shape index (κ3) is 4.41. The van der Waals surface area contributed by atoms with E-state index in [0.717, 1.165) is 0 Å². The minimum absolute atomic E-state index is 0.0558. The summed E-state index contributed by atoms with van der Waals surface area (Å²) in [6.07, 6.45) is -0.266. The number of nitriles is 1. The van der Waals surface area contributed by atoms with Gasteiger partial charge in [-0.15, -0.1) is 0 Å². The summed E-state index contributed by atoms with van der Waals surface area (Å²) in [7, 11) is 0. The van der Waals surface area contributed by atoms with Gasteiger partial charge in [0, 0.05) is 18.0 Å². The molecule has 0 bridgehead atoms. The van der Waals surface area contributed by atoms with Crippen molar-refractivity contribution in [1.82, 2.24) is 4.90 Å². The molecule has 2 aromatic rings. The summed E-state index contributed by atoms with van der Waals surface area (Å²) in [6.45, 7) is 5.41. The van der Waals surface area contributed by atoms with Crippen LogP contribution >= 0.6 is 0 Å². The van der Waals surface area contributed by atoms with E-state index in [1.807, 2.05) is 0 Å². The Bertz CT molecular complexity index is 1040. The minimum Gasteiger partial charge on any atom is -0.460 e. The van der Waals surface area contributed by atoms with Gasteiger partial charge in [0.2, 0.25) is 5.91 Å². The molecule has 0 spiro atoms. The lowest BCUT2D eigenvalue weighted by atomic mass is 9.83. The summed E-state index contributed by atoms with van der Waals surface area (Å²) in [4.78, 5) is 27.5. The van der Waals surface area contributed by atoms with Crippen molar-refractivity contribution in [3.8, 4) is 6.07 Å². The average molecular weight is 406 g/mol. The van der Waals surface area contributed by atoms with E-state index < -0.39 is 11.9 Å². The number of ether oxygens (including phenoxy) is 1. The Morgan fingerprint density at radius 1 is 1.23 bits per heavy atom. The zero-order valence-corrected chi connectivity index (χ0v) is 17.2. The summed E-state index contributed by atoms with van der Waals surface area (Å²) < 4.78 is 18.9. The number of hydrogen-bond acceptors (Lipinski definition) is 4. The molecule has 0 saturated heterocycles. The van der Waals surface area contributed by atoms with Gasteiger partial charge in [-0.1, -0.05) is 30.3 Å². The van der Waals surface area contributed by atoms with Crippen LogP contribution in [0.1, 0.15) is 49.8 Å². The molecule has 1 aliphatic heterocycles. The predicted octanol–water partition coefficient (Wildman–Crippen LogP) is 4.44. The molecule has 0 saturated carbocycles. The molecule has 6 heteroatoms. The first kappa shape index (κ1) is 21.3. The monoisotopic (exact) mass is 406 g/mol. The van der Waals surface area contributed by atoms with Gasteiger partial charge in [0.25, 0.3) is 0 Å². The fraction of sp³-hybridized carbons (Fsp3) is 0.292. The van der Waals surface area contributed by atoms with Crippen LogP contribution in [0, 0.1) is 17.1 Å². The zero-order valence-electron chi connectivity index (χ0n) is 17.2. The molecule has 2 aromatic carbocycles. The van der Waals surface area contributed by atoms with E-state index >= 15 is 0 Å². The van der Waals surface area contributed by atoms with Crippen LogP contribution in [-0.4, -0.2) is 22.9 Å². The Labute approximate surface area is 175 Å². The summed E-state index contributed by atoms with van der Waals surface area (Å²) in [6, 6.07) is 15.0. The molecule has 0 radical (unpaired) electrons. The van der Waals surface area contributed by atoms with E-state index in [4.69, 9.17) is 4.74 Å². The van der Waals surface area contributed by atoms with Crippen molar-refractivity contribution < 1.29 is 18.7 Å². The van der Waals surface area contributed by atoms with Crippen molar-refractivity contribution in [3.05, 3.63) is 82.3 Å². The quantitative estimate of drug-likeness (QED) is 0.689. The van der Waals surface area contributed by atoms with Crippen molar-refractivity contribution in [2.75, 3.05) is 0 Å². The molecule has 3 rings (SSSR count). The highest BCUT2D eigenvalue weighted by molar-refractivity contribution is 5.96. The lowest BCUT2D eigenvalue weighted by molar-refractivity contribution is -0.143. The molecule has 1 heterocycles. The Balaban J connectivity index is 2.06. The summed E-state index contributed by atoms with van der Waals surface area (Å²) in [5, 5.41) is 9.36. The molecular weight excluding hydrogens is 383 g/mol. The van der Waals surface area contributed by atoms with Gasteiger partial charge in [-0.25, -0.2) is 9.18 Å².